The Morgan fingerprint density at radius 3 is 1.89 bits per heavy atom. The molecule has 0 aromatic rings. The lowest BCUT2D eigenvalue weighted by Crippen LogP contribution is -2.58. The summed E-state index contributed by atoms with van der Waals surface area (Å²) in [7, 11) is 0. The fourth-order valence-electron chi connectivity index (χ4n) is 3.26. The average Bonchev–Trinajstić information content (AvgIpc) is 2.82. The molecule has 15 heteroatoms. The summed E-state index contributed by atoms with van der Waals surface area (Å²) in [4.78, 5) is 65.5. The molecule has 0 saturated carbocycles. The highest BCUT2D eigenvalue weighted by Gasteiger charge is 2.31. The number of carboxylic acid groups (broad SMARTS) is 1. The van der Waals surface area contributed by atoms with Crippen LogP contribution in [0.25, 0.3) is 0 Å². The molecule has 0 aliphatic carbocycles. The predicted octanol–water partition coefficient (Wildman–Crippen LogP) is -3.04. The first-order valence-electron chi connectivity index (χ1n) is 12.3. The van der Waals surface area contributed by atoms with Crippen molar-refractivity contribution in [3.63, 3.8) is 0 Å². The number of carbonyl (C=O) groups is 5. The molecule has 15 nitrogen and oxygen atoms in total. The molecule has 0 fully saturated rings. The number of carbonyl (C=O) groups excluding carboxylic acids is 4. The number of nitrogens with one attached hydrogen (secondary N) is 3. The topological polar surface area (TPSA) is 284 Å². The van der Waals surface area contributed by atoms with Crippen molar-refractivity contribution in [2.24, 2.45) is 39.6 Å². The van der Waals surface area contributed by atoms with Crippen LogP contribution in [0.5, 0.6) is 0 Å². The van der Waals surface area contributed by atoms with Gasteiger partial charge < -0.3 is 49.7 Å². The van der Waals surface area contributed by atoms with Crippen molar-refractivity contribution < 1.29 is 29.1 Å². The van der Waals surface area contributed by atoms with Gasteiger partial charge in [-0.25, -0.2) is 4.79 Å². The molecule has 0 aliphatic rings. The first-order chi connectivity index (χ1) is 17.3. The van der Waals surface area contributed by atoms with Crippen LogP contribution in [0.4, 0.5) is 0 Å². The van der Waals surface area contributed by atoms with Crippen LogP contribution in [-0.4, -0.2) is 77.9 Å². The van der Waals surface area contributed by atoms with Crippen LogP contribution < -0.4 is 44.6 Å². The SMILES string of the molecule is CCC(C)C(N)C(=O)NC(CC(N)=O)C(=O)NC(CCCN=C(N)N)C(=O)NC(CCCCN)C(=O)O. The predicted molar refractivity (Wildman–Crippen MR) is 137 cm³/mol. The van der Waals surface area contributed by atoms with Gasteiger partial charge in [0.05, 0.1) is 12.5 Å². The summed E-state index contributed by atoms with van der Waals surface area (Å²) < 4.78 is 0. The molecule has 0 rings (SSSR count). The number of unbranched alkanes of at least 4 members (excludes halogenated alkanes) is 1. The standard InChI is InChI=1S/C22H43N9O6/c1-3-12(2)17(25)20(35)31-15(11-16(24)32)19(34)29-13(8-6-10-28-22(26)27)18(33)30-14(21(36)37)7-4-5-9-23/h12-15,17H,3-11,23,25H2,1-2H3,(H2,24,32)(H,29,34)(H,30,33)(H,31,35)(H,36,37)(H4,26,27,28). The summed E-state index contributed by atoms with van der Waals surface area (Å²) in [6, 6.07) is -4.75. The molecule has 5 unspecified atom stereocenters. The summed E-state index contributed by atoms with van der Waals surface area (Å²) in [6.07, 6.45) is 1.55. The minimum atomic E-state index is -1.40. The van der Waals surface area contributed by atoms with Gasteiger partial charge in [-0.2, -0.15) is 0 Å². The second-order valence-corrected chi connectivity index (χ2v) is 8.84. The van der Waals surface area contributed by atoms with E-state index in [0.29, 0.717) is 25.8 Å². The van der Waals surface area contributed by atoms with Gasteiger partial charge in [-0.1, -0.05) is 20.3 Å². The quantitative estimate of drug-likeness (QED) is 0.0463. The number of carboxylic acids is 1. The fourth-order valence-corrected chi connectivity index (χ4v) is 3.26. The fraction of sp³-hybridized carbons (Fsp3) is 0.727. The van der Waals surface area contributed by atoms with Gasteiger partial charge in [0.25, 0.3) is 0 Å². The van der Waals surface area contributed by atoms with E-state index < -0.39 is 60.2 Å². The van der Waals surface area contributed by atoms with Crippen LogP contribution in [0.3, 0.4) is 0 Å². The van der Waals surface area contributed by atoms with Gasteiger partial charge in [-0.3, -0.25) is 24.2 Å². The number of hydrogen-bond donors (Lipinski definition) is 9. The highest BCUT2D eigenvalue weighted by Crippen LogP contribution is 2.08. The number of nitrogens with zero attached hydrogens (tertiary/aromatic N) is 1. The highest BCUT2D eigenvalue weighted by atomic mass is 16.4. The molecule has 0 aliphatic heterocycles. The van der Waals surface area contributed by atoms with Gasteiger partial charge in [-0.15, -0.1) is 0 Å². The maximum atomic E-state index is 13.0. The van der Waals surface area contributed by atoms with Gasteiger partial charge in [-0.05, 0) is 44.6 Å². The minimum Gasteiger partial charge on any atom is -0.480 e. The molecule has 4 amide bonds. The van der Waals surface area contributed by atoms with Crippen molar-refractivity contribution in [2.45, 2.75) is 83.0 Å². The molecule has 0 saturated heterocycles. The summed E-state index contributed by atoms with van der Waals surface area (Å²) in [5.41, 5.74) is 27.2. The number of nitrogens with two attached hydrogens (primary N) is 5. The molecule has 212 valence electrons. The molecule has 0 aromatic heterocycles. The Morgan fingerprint density at radius 1 is 0.838 bits per heavy atom. The zero-order chi connectivity index (χ0) is 28.5. The average molecular weight is 530 g/mol. The summed E-state index contributed by atoms with van der Waals surface area (Å²) in [5.74, 6) is -4.74. The summed E-state index contributed by atoms with van der Waals surface area (Å²) in [6.45, 7) is 4.12. The number of primary amides is 1. The highest BCUT2D eigenvalue weighted by molar-refractivity contribution is 5.96. The molecule has 0 bridgehead atoms. The number of hydrogen-bond acceptors (Lipinski definition) is 8. The molecule has 14 N–H and O–H groups in total. The Bertz CT molecular complexity index is 804. The van der Waals surface area contributed by atoms with Crippen molar-refractivity contribution >= 4 is 35.6 Å². The lowest BCUT2D eigenvalue weighted by atomic mass is 9.99. The maximum absolute atomic E-state index is 13.0. The molecule has 0 spiro atoms. The van der Waals surface area contributed by atoms with Crippen molar-refractivity contribution in [2.75, 3.05) is 13.1 Å². The Kier molecular flexibility index (Phi) is 16.2. The first kappa shape index (κ1) is 33.5. The molecular weight excluding hydrogens is 486 g/mol. The number of guanidine groups is 1. The van der Waals surface area contributed by atoms with Crippen molar-refractivity contribution in [1.29, 1.82) is 0 Å². The van der Waals surface area contributed by atoms with Crippen LogP contribution >= 0.6 is 0 Å². The lowest BCUT2D eigenvalue weighted by molar-refractivity contribution is -0.142. The monoisotopic (exact) mass is 529 g/mol. The Balaban J connectivity index is 5.66. The molecule has 0 heterocycles. The van der Waals surface area contributed by atoms with Crippen molar-refractivity contribution in [3.05, 3.63) is 0 Å². The smallest absolute Gasteiger partial charge is 0.326 e. The van der Waals surface area contributed by atoms with Crippen LogP contribution in [0.15, 0.2) is 4.99 Å². The van der Waals surface area contributed by atoms with Gasteiger partial charge in [0.15, 0.2) is 5.96 Å². The third-order valence-corrected chi connectivity index (χ3v) is 5.74. The molecule has 0 radical (unpaired) electrons. The van der Waals surface area contributed by atoms with E-state index in [1.807, 2.05) is 6.92 Å². The van der Waals surface area contributed by atoms with E-state index in [1.165, 1.54) is 0 Å². The van der Waals surface area contributed by atoms with E-state index in [9.17, 15) is 29.1 Å². The largest absolute Gasteiger partial charge is 0.480 e. The van der Waals surface area contributed by atoms with Gasteiger partial charge in [0.1, 0.15) is 18.1 Å². The van der Waals surface area contributed by atoms with E-state index in [4.69, 9.17) is 28.7 Å². The van der Waals surface area contributed by atoms with Gasteiger partial charge in [0, 0.05) is 6.54 Å². The van der Waals surface area contributed by atoms with E-state index in [2.05, 4.69) is 20.9 Å². The third-order valence-electron chi connectivity index (χ3n) is 5.74. The number of rotatable bonds is 19. The Labute approximate surface area is 216 Å². The number of amides is 4. The molecule has 5 atom stereocenters. The first-order valence-corrected chi connectivity index (χ1v) is 12.3. The van der Waals surface area contributed by atoms with Gasteiger partial charge in [0.2, 0.25) is 23.6 Å². The minimum absolute atomic E-state index is 0.0348. The summed E-state index contributed by atoms with van der Waals surface area (Å²) >= 11 is 0. The second kappa shape index (κ2) is 17.9. The van der Waals surface area contributed by atoms with Crippen LogP contribution in [-0.2, 0) is 24.0 Å². The van der Waals surface area contributed by atoms with E-state index in [-0.39, 0.29) is 37.7 Å². The van der Waals surface area contributed by atoms with Gasteiger partial charge >= 0.3 is 5.97 Å². The molecule has 37 heavy (non-hydrogen) atoms. The van der Waals surface area contributed by atoms with Crippen LogP contribution in [0, 0.1) is 5.92 Å². The zero-order valence-electron chi connectivity index (χ0n) is 21.6. The van der Waals surface area contributed by atoms with E-state index in [1.54, 1.807) is 6.92 Å². The number of aliphatic imine (C=N–C) groups is 1. The third kappa shape index (κ3) is 14.0. The van der Waals surface area contributed by atoms with Crippen LogP contribution in [0.1, 0.15) is 58.8 Å². The zero-order valence-corrected chi connectivity index (χ0v) is 21.6. The van der Waals surface area contributed by atoms with E-state index in [0.717, 1.165) is 0 Å². The van der Waals surface area contributed by atoms with Crippen molar-refractivity contribution in [1.82, 2.24) is 16.0 Å². The second-order valence-electron chi connectivity index (χ2n) is 8.84. The van der Waals surface area contributed by atoms with E-state index >= 15 is 0 Å². The normalized spacial score (nSPS) is 14.8. The molecule has 0 aromatic carbocycles. The Hall–Kier alpha value is -3.46. The lowest BCUT2D eigenvalue weighted by Gasteiger charge is -2.25. The summed E-state index contributed by atoms with van der Waals surface area (Å²) in [5, 5.41) is 16.8. The van der Waals surface area contributed by atoms with Crippen LogP contribution in [0.2, 0.25) is 0 Å². The number of aliphatic carboxylic acids is 1. The Morgan fingerprint density at radius 2 is 1.38 bits per heavy atom. The van der Waals surface area contributed by atoms with Crippen molar-refractivity contribution in [3.8, 4) is 0 Å². The maximum Gasteiger partial charge on any atom is 0.326 e. The molecular formula is C22H43N9O6.